The first-order chi connectivity index (χ1) is 8.63. The summed E-state index contributed by atoms with van der Waals surface area (Å²) in [6.45, 7) is 5.06. The van der Waals surface area contributed by atoms with Gasteiger partial charge in [-0.25, -0.2) is 0 Å². The van der Waals surface area contributed by atoms with Gasteiger partial charge in [0.1, 0.15) is 11.5 Å². The normalized spacial score (nSPS) is 20.8. The zero-order chi connectivity index (χ0) is 13.1. The van der Waals surface area contributed by atoms with E-state index in [1.54, 1.807) is 0 Å². The molecule has 18 heavy (non-hydrogen) atoms. The Morgan fingerprint density at radius 3 is 2.83 bits per heavy atom. The molecule has 1 aliphatic heterocycles. The maximum absolute atomic E-state index is 12.6. The van der Waals surface area contributed by atoms with Crippen LogP contribution in [0.4, 0.5) is 0 Å². The van der Waals surface area contributed by atoms with Crippen molar-refractivity contribution in [2.24, 2.45) is 5.73 Å². The van der Waals surface area contributed by atoms with Gasteiger partial charge in [-0.1, -0.05) is 12.8 Å². The van der Waals surface area contributed by atoms with Crippen molar-refractivity contribution in [3.05, 3.63) is 23.2 Å². The lowest BCUT2D eigenvalue weighted by Crippen LogP contribution is -2.44. The SMILES string of the molecule is Cc1cc(C(=O)N2CCCCCC2CN)c(C)o1. The molecule has 2 N–H and O–H groups in total. The third kappa shape index (κ3) is 2.58. The van der Waals surface area contributed by atoms with Gasteiger partial charge in [-0.2, -0.15) is 0 Å². The highest BCUT2D eigenvalue weighted by Gasteiger charge is 2.27. The molecule has 4 heteroatoms. The number of hydrogen-bond acceptors (Lipinski definition) is 3. The van der Waals surface area contributed by atoms with Gasteiger partial charge >= 0.3 is 0 Å². The van der Waals surface area contributed by atoms with Crippen LogP contribution in [0.3, 0.4) is 0 Å². The summed E-state index contributed by atoms with van der Waals surface area (Å²) in [6.07, 6.45) is 4.43. The summed E-state index contributed by atoms with van der Waals surface area (Å²) < 4.78 is 5.45. The molecule has 0 radical (unpaired) electrons. The second-order valence-electron chi connectivity index (χ2n) is 5.06. The van der Waals surface area contributed by atoms with E-state index in [0.717, 1.165) is 31.6 Å². The molecular formula is C14H22N2O2. The Morgan fingerprint density at radius 2 is 2.22 bits per heavy atom. The highest BCUT2D eigenvalue weighted by atomic mass is 16.3. The summed E-state index contributed by atoms with van der Waals surface area (Å²) in [7, 11) is 0. The van der Waals surface area contributed by atoms with Crippen molar-refractivity contribution in [3.8, 4) is 0 Å². The van der Waals surface area contributed by atoms with Gasteiger partial charge in [0.05, 0.1) is 5.56 Å². The average Bonchev–Trinajstić information content (AvgIpc) is 2.56. The molecule has 1 atom stereocenters. The van der Waals surface area contributed by atoms with Crippen LogP contribution in [0.2, 0.25) is 0 Å². The maximum atomic E-state index is 12.6. The summed E-state index contributed by atoms with van der Waals surface area (Å²) in [5.74, 6) is 1.56. The second kappa shape index (κ2) is 5.57. The summed E-state index contributed by atoms with van der Waals surface area (Å²) >= 11 is 0. The summed E-state index contributed by atoms with van der Waals surface area (Å²) in [6, 6.07) is 2.01. The molecular weight excluding hydrogens is 228 g/mol. The largest absolute Gasteiger partial charge is 0.466 e. The summed E-state index contributed by atoms with van der Waals surface area (Å²) in [4.78, 5) is 14.5. The lowest BCUT2D eigenvalue weighted by atomic mass is 10.1. The second-order valence-corrected chi connectivity index (χ2v) is 5.06. The molecule has 2 rings (SSSR count). The Balaban J connectivity index is 2.22. The number of carbonyl (C=O) groups excluding carboxylic acids is 1. The molecule has 1 saturated heterocycles. The van der Waals surface area contributed by atoms with E-state index in [1.807, 2.05) is 24.8 Å². The van der Waals surface area contributed by atoms with Gasteiger partial charge in [0.25, 0.3) is 5.91 Å². The Hall–Kier alpha value is -1.29. The predicted octanol–water partition coefficient (Wildman–Crippen LogP) is 2.24. The first kappa shape index (κ1) is 13.1. The van der Waals surface area contributed by atoms with E-state index in [-0.39, 0.29) is 11.9 Å². The molecule has 1 amide bonds. The average molecular weight is 250 g/mol. The van der Waals surface area contributed by atoms with E-state index in [2.05, 4.69) is 0 Å². The Bertz CT molecular complexity index is 425. The number of aryl methyl sites for hydroxylation is 2. The molecule has 1 aromatic heterocycles. The Morgan fingerprint density at radius 1 is 1.44 bits per heavy atom. The molecule has 0 spiro atoms. The highest BCUT2D eigenvalue weighted by Crippen LogP contribution is 2.22. The van der Waals surface area contributed by atoms with Crippen molar-refractivity contribution in [1.29, 1.82) is 0 Å². The van der Waals surface area contributed by atoms with E-state index in [9.17, 15) is 4.79 Å². The number of carbonyl (C=O) groups is 1. The number of furan rings is 1. The summed E-state index contributed by atoms with van der Waals surface area (Å²) in [5.41, 5.74) is 6.49. The van der Waals surface area contributed by atoms with Crippen LogP contribution in [0, 0.1) is 13.8 Å². The van der Waals surface area contributed by atoms with Crippen LogP contribution in [0.5, 0.6) is 0 Å². The quantitative estimate of drug-likeness (QED) is 0.875. The number of hydrogen-bond donors (Lipinski definition) is 1. The molecule has 0 saturated carbocycles. The van der Waals surface area contributed by atoms with E-state index >= 15 is 0 Å². The molecule has 0 aliphatic carbocycles. The third-order valence-corrected chi connectivity index (χ3v) is 3.68. The van der Waals surface area contributed by atoms with Gasteiger partial charge in [0, 0.05) is 19.1 Å². The minimum atomic E-state index is 0.0710. The number of rotatable bonds is 2. The number of amides is 1. The smallest absolute Gasteiger partial charge is 0.257 e. The molecule has 1 aliphatic rings. The van der Waals surface area contributed by atoms with Crippen LogP contribution in [0.1, 0.15) is 47.6 Å². The number of nitrogens with two attached hydrogens (primary N) is 1. The van der Waals surface area contributed by atoms with Crippen LogP contribution >= 0.6 is 0 Å². The molecule has 4 nitrogen and oxygen atoms in total. The van der Waals surface area contributed by atoms with Crippen molar-refractivity contribution >= 4 is 5.91 Å². The maximum Gasteiger partial charge on any atom is 0.257 e. The summed E-state index contributed by atoms with van der Waals surface area (Å²) in [5, 5.41) is 0. The zero-order valence-electron chi connectivity index (χ0n) is 11.2. The minimum Gasteiger partial charge on any atom is -0.466 e. The van der Waals surface area contributed by atoms with Gasteiger partial charge in [-0.15, -0.1) is 0 Å². The van der Waals surface area contributed by atoms with E-state index in [1.165, 1.54) is 6.42 Å². The molecule has 1 aromatic rings. The number of nitrogens with zero attached hydrogens (tertiary/aromatic N) is 1. The van der Waals surface area contributed by atoms with E-state index in [4.69, 9.17) is 10.2 Å². The molecule has 100 valence electrons. The lowest BCUT2D eigenvalue weighted by molar-refractivity contribution is 0.0687. The van der Waals surface area contributed by atoms with Crippen molar-refractivity contribution in [1.82, 2.24) is 4.90 Å². The van der Waals surface area contributed by atoms with Crippen molar-refractivity contribution in [2.45, 2.75) is 45.6 Å². The van der Waals surface area contributed by atoms with E-state index in [0.29, 0.717) is 17.9 Å². The van der Waals surface area contributed by atoms with Crippen LogP contribution < -0.4 is 5.73 Å². The van der Waals surface area contributed by atoms with Crippen LogP contribution in [-0.4, -0.2) is 29.9 Å². The zero-order valence-corrected chi connectivity index (χ0v) is 11.2. The highest BCUT2D eigenvalue weighted by molar-refractivity contribution is 5.95. The topological polar surface area (TPSA) is 59.5 Å². The fourth-order valence-electron chi connectivity index (χ4n) is 2.69. The van der Waals surface area contributed by atoms with Crippen molar-refractivity contribution in [2.75, 3.05) is 13.1 Å². The lowest BCUT2D eigenvalue weighted by Gasteiger charge is -2.28. The van der Waals surface area contributed by atoms with Gasteiger partial charge < -0.3 is 15.1 Å². The third-order valence-electron chi connectivity index (χ3n) is 3.68. The minimum absolute atomic E-state index is 0.0710. The van der Waals surface area contributed by atoms with Gasteiger partial charge in [0.2, 0.25) is 0 Å². The fraction of sp³-hybridized carbons (Fsp3) is 0.643. The van der Waals surface area contributed by atoms with Gasteiger partial charge in [-0.05, 0) is 32.8 Å². The molecule has 0 aromatic carbocycles. The molecule has 1 unspecified atom stereocenters. The predicted molar refractivity (Wildman–Crippen MR) is 70.5 cm³/mol. The first-order valence-electron chi connectivity index (χ1n) is 6.71. The monoisotopic (exact) mass is 250 g/mol. The van der Waals surface area contributed by atoms with Crippen LogP contribution in [0.15, 0.2) is 10.5 Å². The van der Waals surface area contributed by atoms with Gasteiger partial charge in [0.15, 0.2) is 0 Å². The number of likely N-dealkylation sites (tertiary alicyclic amines) is 1. The molecule has 0 bridgehead atoms. The van der Waals surface area contributed by atoms with E-state index < -0.39 is 0 Å². The molecule has 2 heterocycles. The van der Waals surface area contributed by atoms with Crippen LogP contribution in [-0.2, 0) is 0 Å². The first-order valence-corrected chi connectivity index (χ1v) is 6.71. The molecule has 1 fully saturated rings. The van der Waals surface area contributed by atoms with Crippen LogP contribution in [0.25, 0.3) is 0 Å². The van der Waals surface area contributed by atoms with Gasteiger partial charge in [-0.3, -0.25) is 4.79 Å². The van der Waals surface area contributed by atoms with Crippen molar-refractivity contribution < 1.29 is 9.21 Å². The fourth-order valence-corrected chi connectivity index (χ4v) is 2.69. The Labute approximate surface area is 108 Å². The standard InChI is InChI=1S/C14H22N2O2/c1-10-8-13(11(2)18-10)14(17)16-7-5-3-4-6-12(16)9-15/h8,12H,3-7,9,15H2,1-2H3. The Kier molecular flexibility index (Phi) is 4.07. The van der Waals surface area contributed by atoms with Crippen molar-refractivity contribution in [3.63, 3.8) is 0 Å².